The Morgan fingerprint density at radius 2 is 1.53 bits per heavy atom. The molecule has 0 unspecified atom stereocenters. The molecular weight excluding hydrogens is 620 g/mol. The number of carbonyl (C=O) groups is 2. The van der Waals surface area contributed by atoms with Crippen LogP contribution in [0.15, 0.2) is 114 Å². The molecule has 47 heavy (non-hydrogen) atoms. The van der Waals surface area contributed by atoms with E-state index in [1.807, 2.05) is 44.2 Å². The fraction of sp³-hybridized carbons (Fsp3) is 0.257. The zero-order valence-electron chi connectivity index (χ0n) is 26.5. The quantitative estimate of drug-likeness (QED) is 0.134. The standard InChI is InChI=1S/C35H38N4O7S/c1-4-26(2)36-35(41)33(22-27-13-7-5-8-14-27)37(24-28-15-11-18-31(21-28)46-3)34(40)25-38(29-16-12-17-30(23-29)39(42)43)47(44,45)32-19-9-6-10-20-32/h5-21,23,26,33H,4,22,24-25H2,1-3H3,(H,36,41)/t26-,33+/m0/s1. The first-order valence-corrected chi connectivity index (χ1v) is 16.6. The third-order valence-corrected chi connectivity index (χ3v) is 9.49. The second kappa shape index (κ2) is 15.9. The number of methoxy groups -OCH3 is 1. The zero-order valence-corrected chi connectivity index (χ0v) is 27.3. The lowest BCUT2D eigenvalue weighted by Crippen LogP contribution is -2.54. The molecule has 0 saturated heterocycles. The van der Waals surface area contributed by atoms with Crippen molar-refractivity contribution >= 4 is 33.2 Å². The van der Waals surface area contributed by atoms with Crippen LogP contribution in [0.1, 0.15) is 31.4 Å². The molecule has 0 bridgehead atoms. The van der Waals surface area contributed by atoms with E-state index >= 15 is 0 Å². The molecule has 1 N–H and O–H groups in total. The van der Waals surface area contributed by atoms with E-state index < -0.39 is 39.3 Å². The normalized spacial score (nSPS) is 12.4. The van der Waals surface area contributed by atoms with E-state index in [-0.39, 0.29) is 35.3 Å². The molecule has 0 aromatic heterocycles. The maximum atomic E-state index is 14.5. The predicted molar refractivity (Wildman–Crippen MR) is 179 cm³/mol. The molecule has 0 aliphatic carbocycles. The summed E-state index contributed by atoms with van der Waals surface area (Å²) in [4.78, 5) is 40.7. The van der Waals surface area contributed by atoms with Crippen LogP contribution in [0, 0.1) is 10.1 Å². The molecule has 0 spiro atoms. The number of anilines is 1. The number of sulfonamides is 1. The summed E-state index contributed by atoms with van der Waals surface area (Å²) in [5, 5.41) is 14.6. The lowest BCUT2D eigenvalue weighted by molar-refractivity contribution is -0.384. The Bertz CT molecular complexity index is 1790. The molecule has 4 aromatic rings. The minimum atomic E-state index is -4.39. The highest BCUT2D eigenvalue weighted by atomic mass is 32.2. The highest BCUT2D eigenvalue weighted by molar-refractivity contribution is 7.92. The second-order valence-corrected chi connectivity index (χ2v) is 12.9. The maximum absolute atomic E-state index is 14.5. The molecular formula is C35H38N4O7S. The number of nitrogens with one attached hydrogen (secondary N) is 1. The van der Waals surface area contributed by atoms with Gasteiger partial charge in [0.25, 0.3) is 15.7 Å². The van der Waals surface area contributed by atoms with Crippen LogP contribution in [0.4, 0.5) is 11.4 Å². The molecule has 0 saturated carbocycles. The van der Waals surface area contributed by atoms with Gasteiger partial charge in [0.2, 0.25) is 11.8 Å². The number of rotatable bonds is 15. The molecule has 11 nitrogen and oxygen atoms in total. The summed E-state index contributed by atoms with van der Waals surface area (Å²) in [7, 11) is -2.87. The summed E-state index contributed by atoms with van der Waals surface area (Å²) >= 11 is 0. The van der Waals surface area contributed by atoms with Crippen LogP contribution in [0.25, 0.3) is 0 Å². The Hall–Kier alpha value is -5.23. The molecule has 2 atom stereocenters. The topological polar surface area (TPSA) is 139 Å². The van der Waals surface area contributed by atoms with Crippen LogP contribution in [-0.2, 0) is 32.6 Å². The number of nitrogens with zero attached hydrogens (tertiary/aromatic N) is 3. The molecule has 2 amide bonds. The summed E-state index contributed by atoms with van der Waals surface area (Å²) in [6.45, 7) is 3.02. The number of hydrogen-bond acceptors (Lipinski definition) is 7. The van der Waals surface area contributed by atoms with Crippen molar-refractivity contribution in [3.8, 4) is 5.75 Å². The van der Waals surface area contributed by atoms with Crippen molar-refractivity contribution in [2.24, 2.45) is 0 Å². The molecule has 0 aliphatic rings. The Morgan fingerprint density at radius 1 is 0.894 bits per heavy atom. The van der Waals surface area contributed by atoms with Crippen molar-refractivity contribution in [2.75, 3.05) is 18.0 Å². The third kappa shape index (κ3) is 8.95. The summed E-state index contributed by atoms with van der Waals surface area (Å²) in [6, 6.07) is 27.7. The van der Waals surface area contributed by atoms with Gasteiger partial charge in [0.05, 0.1) is 22.6 Å². The van der Waals surface area contributed by atoms with Crippen molar-refractivity contribution in [2.45, 2.75) is 50.2 Å². The van der Waals surface area contributed by atoms with Crippen LogP contribution in [-0.4, -0.2) is 55.8 Å². The van der Waals surface area contributed by atoms with Crippen LogP contribution in [0.3, 0.4) is 0 Å². The summed E-state index contributed by atoms with van der Waals surface area (Å²) < 4.78 is 34.4. The van der Waals surface area contributed by atoms with Gasteiger partial charge in [0, 0.05) is 31.1 Å². The van der Waals surface area contributed by atoms with E-state index in [2.05, 4.69) is 5.32 Å². The van der Waals surface area contributed by atoms with Gasteiger partial charge in [0.1, 0.15) is 18.3 Å². The van der Waals surface area contributed by atoms with Crippen LogP contribution < -0.4 is 14.4 Å². The Balaban J connectivity index is 1.84. The first-order valence-electron chi connectivity index (χ1n) is 15.1. The van der Waals surface area contributed by atoms with E-state index in [0.29, 0.717) is 17.7 Å². The van der Waals surface area contributed by atoms with E-state index in [9.17, 15) is 28.1 Å². The number of non-ortho nitro benzene ring substituents is 1. The van der Waals surface area contributed by atoms with Crippen molar-refractivity contribution in [3.05, 3.63) is 130 Å². The molecule has 246 valence electrons. The van der Waals surface area contributed by atoms with Gasteiger partial charge in [-0.3, -0.25) is 24.0 Å². The minimum absolute atomic E-state index is 0.0460. The minimum Gasteiger partial charge on any atom is -0.497 e. The summed E-state index contributed by atoms with van der Waals surface area (Å²) in [5.74, 6) is -0.533. The zero-order chi connectivity index (χ0) is 34.0. The van der Waals surface area contributed by atoms with Gasteiger partial charge in [-0.1, -0.05) is 73.7 Å². The van der Waals surface area contributed by atoms with Crippen LogP contribution in [0.5, 0.6) is 5.75 Å². The fourth-order valence-electron chi connectivity index (χ4n) is 4.97. The molecule has 12 heteroatoms. The number of ether oxygens (including phenoxy) is 1. The first-order chi connectivity index (χ1) is 22.5. The van der Waals surface area contributed by atoms with E-state index in [0.717, 1.165) is 15.9 Å². The maximum Gasteiger partial charge on any atom is 0.271 e. The predicted octanol–water partition coefficient (Wildman–Crippen LogP) is 5.35. The van der Waals surface area contributed by atoms with Crippen molar-refractivity contribution < 1.29 is 27.7 Å². The average Bonchev–Trinajstić information content (AvgIpc) is 3.09. The molecule has 4 rings (SSSR count). The SMILES string of the molecule is CC[C@H](C)NC(=O)[C@@H](Cc1ccccc1)N(Cc1cccc(OC)c1)C(=O)CN(c1cccc([N+](=O)[O-])c1)S(=O)(=O)c1ccccc1. The smallest absolute Gasteiger partial charge is 0.271 e. The van der Waals surface area contributed by atoms with E-state index in [1.54, 1.807) is 42.5 Å². The molecule has 4 aromatic carbocycles. The average molecular weight is 659 g/mol. The van der Waals surface area contributed by atoms with E-state index in [1.165, 1.54) is 42.3 Å². The Labute approximate surface area is 275 Å². The van der Waals surface area contributed by atoms with Crippen molar-refractivity contribution in [3.63, 3.8) is 0 Å². The van der Waals surface area contributed by atoms with Crippen LogP contribution in [0.2, 0.25) is 0 Å². The number of carbonyl (C=O) groups excluding carboxylic acids is 2. The van der Waals surface area contributed by atoms with E-state index in [4.69, 9.17) is 4.74 Å². The first kappa shape index (κ1) is 34.6. The number of nitro benzene ring substituents is 1. The van der Waals surface area contributed by atoms with Gasteiger partial charge in [-0.05, 0) is 54.8 Å². The van der Waals surface area contributed by atoms with Gasteiger partial charge in [-0.15, -0.1) is 0 Å². The lowest BCUT2D eigenvalue weighted by atomic mass is 10.0. The number of nitro groups is 1. The third-order valence-electron chi connectivity index (χ3n) is 7.70. The number of hydrogen-bond donors (Lipinski definition) is 1. The number of benzene rings is 4. The Morgan fingerprint density at radius 3 is 2.17 bits per heavy atom. The van der Waals surface area contributed by atoms with Gasteiger partial charge < -0.3 is 15.0 Å². The monoisotopic (exact) mass is 658 g/mol. The highest BCUT2D eigenvalue weighted by Crippen LogP contribution is 2.28. The van der Waals surface area contributed by atoms with Gasteiger partial charge in [0.15, 0.2) is 0 Å². The summed E-state index contributed by atoms with van der Waals surface area (Å²) in [6.07, 6.45) is 0.810. The highest BCUT2D eigenvalue weighted by Gasteiger charge is 2.35. The molecule has 0 radical (unpaired) electrons. The van der Waals surface area contributed by atoms with Crippen molar-refractivity contribution in [1.82, 2.24) is 10.2 Å². The number of amides is 2. The Kier molecular flexibility index (Phi) is 11.7. The van der Waals surface area contributed by atoms with Gasteiger partial charge >= 0.3 is 0 Å². The van der Waals surface area contributed by atoms with Crippen molar-refractivity contribution in [1.29, 1.82) is 0 Å². The molecule has 0 heterocycles. The lowest BCUT2D eigenvalue weighted by Gasteiger charge is -2.34. The van der Waals surface area contributed by atoms with Gasteiger partial charge in [-0.25, -0.2) is 8.42 Å². The second-order valence-electron chi connectivity index (χ2n) is 11.0. The molecule has 0 aliphatic heterocycles. The van der Waals surface area contributed by atoms with Gasteiger partial charge in [-0.2, -0.15) is 0 Å². The largest absolute Gasteiger partial charge is 0.497 e. The summed E-state index contributed by atoms with van der Waals surface area (Å²) in [5.41, 5.74) is 1.04. The van der Waals surface area contributed by atoms with Crippen LogP contribution >= 0.6 is 0 Å². The fourth-order valence-corrected chi connectivity index (χ4v) is 6.40. The molecule has 0 fully saturated rings.